The molecule has 1 atom stereocenters. The number of nitrogens with zero attached hydrogens (tertiary/aromatic N) is 1. The lowest BCUT2D eigenvalue weighted by atomic mass is 10.3. The van der Waals surface area contributed by atoms with Gasteiger partial charge in [-0.25, -0.2) is 0 Å². The van der Waals surface area contributed by atoms with E-state index in [4.69, 9.17) is 20.4 Å². The van der Waals surface area contributed by atoms with Gasteiger partial charge in [0.2, 0.25) is 0 Å². The van der Waals surface area contributed by atoms with E-state index in [9.17, 15) is 0 Å². The standard InChI is InChI=1S/C6H15NO.C4H12NO3/c1-3-4-5-7-6(2)8;1-5(2-6,3-7)4-8/h6-8H,3-5H2,1-2H3;6-8H,2-4H2,1H3/q;+1. The largest absolute Gasteiger partial charge is 0.379 e. The molecule has 0 saturated heterocycles. The second kappa shape index (κ2) is 11.3. The summed E-state index contributed by atoms with van der Waals surface area (Å²) in [6.45, 7) is 4.06. The van der Waals surface area contributed by atoms with Crippen LogP contribution in [-0.2, 0) is 0 Å². The number of aliphatic hydroxyl groups excluding tert-OH is 4. The summed E-state index contributed by atoms with van der Waals surface area (Å²) in [6.07, 6.45) is 1.98. The van der Waals surface area contributed by atoms with Crippen molar-refractivity contribution in [3.8, 4) is 0 Å². The average molecular weight is 239 g/mol. The summed E-state index contributed by atoms with van der Waals surface area (Å²) in [5, 5.41) is 36.9. The highest BCUT2D eigenvalue weighted by atomic mass is 16.3. The fraction of sp³-hybridized carbons (Fsp3) is 1.00. The van der Waals surface area contributed by atoms with Gasteiger partial charge in [-0.3, -0.25) is 9.80 Å². The first-order valence-electron chi connectivity index (χ1n) is 5.53. The van der Waals surface area contributed by atoms with Crippen LogP contribution >= 0.6 is 0 Å². The van der Waals surface area contributed by atoms with Gasteiger partial charge in [-0.15, -0.1) is 0 Å². The van der Waals surface area contributed by atoms with E-state index in [0.29, 0.717) is 0 Å². The normalized spacial score (nSPS) is 12.9. The highest BCUT2D eigenvalue weighted by Gasteiger charge is 2.15. The number of unbranched alkanes of at least 4 members (excludes halogenated alkanes) is 1. The number of aliphatic hydroxyl groups is 4. The molecule has 0 amide bonds. The van der Waals surface area contributed by atoms with Gasteiger partial charge in [0, 0.05) is 0 Å². The molecule has 100 valence electrons. The van der Waals surface area contributed by atoms with E-state index in [0.717, 1.165) is 13.0 Å². The van der Waals surface area contributed by atoms with E-state index in [1.807, 2.05) is 0 Å². The Labute approximate surface area is 97.7 Å². The second-order valence-electron chi connectivity index (χ2n) is 4.03. The topological polar surface area (TPSA) is 93.0 Å². The van der Waals surface area contributed by atoms with Gasteiger partial charge in [-0.1, -0.05) is 13.3 Å². The van der Waals surface area contributed by atoms with Crippen molar-refractivity contribution in [2.24, 2.45) is 0 Å². The van der Waals surface area contributed by atoms with Gasteiger partial charge in [0.15, 0.2) is 20.2 Å². The van der Waals surface area contributed by atoms with Crippen LogP contribution < -0.4 is 5.32 Å². The van der Waals surface area contributed by atoms with E-state index in [2.05, 4.69) is 12.2 Å². The monoisotopic (exact) mass is 239 g/mol. The summed E-state index contributed by atoms with van der Waals surface area (Å²) < 4.78 is -0.125. The fourth-order valence-corrected chi connectivity index (χ4v) is 0.622. The first-order valence-corrected chi connectivity index (χ1v) is 5.53. The molecule has 0 aliphatic rings. The van der Waals surface area contributed by atoms with Gasteiger partial charge in [-0.2, -0.15) is 0 Å². The zero-order valence-corrected chi connectivity index (χ0v) is 10.6. The minimum Gasteiger partial charge on any atom is -0.379 e. The minimum absolute atomic E-state index is 0.125. The minimum atomic E-state index is -0.346. The Morgan fingerprint density at radius 2 is 1.56 bits per heavy atom. The molecule has 0 radical (unpaired) electrons. The van der Waals surface area contributed by atoms with Crippen molar-refractivity contribution < 1.29 is 24.9 Å². The van der Waals surface area contributed by atoms with Crippen molar-refractivity contribution in [3.05, 3.63) is 0 Å². The van der Waals surface area contributed by atoms with Crippen molar-refractivity contribution in [1.82, 2.24) is 5.32 Å². The molecular weight excluding hydrogens is 212 g/mol. The predicted octanol–water partition coefficient (Wildman–Crippen LogP) is -1.00. The highest BCUT2D eigenvalue weighted by Crippen LogP contribution is 1.93. The van der Waals surface area contributed by atoms with E-state index in [-0.39, 0.29) is 30.9 Å². The Morgan fingerprint density at radius 3 is 1.75 bits per heavy atom. The van der Waals surface area contributed by atoms with Crippen LogP contribution in [0.2, 0.25) is 0 Å². The fourth-order valence-electron chi connectivity index (χ4n) is 0.622. The van der Waals surface area contributed by atoms with Gasteiger partial charge < -0.3 is 20.4 Å². The molecule has 0 heterocycles. The lowest BCUT2D eigenvalue weighted by molar-refractivity contribution is -0.959. The van der Waals surface area contributed by atoms with Crippen LogP contribution in [0.15, 0.2) is 0 Å². The maximum atomic E-state index is 8.67. The maximum absolute atomic E-state index is 8.67. The van der Waals surface area contributed by atoms with Gasteiger partial charge in [0.25, 0.3) is 0 Å². The quantitative estimate of drug-likeness (QED) is 0.223. The number of hydrogen-bond acceptors (Lipinski definition) is 5. The summed E-state index contributed by atoms with van der Waals surface area (Å²) in [6, 6.07) is 0. The van der Waals surface area contributed by atoms with Crippen molar-refractivity contribution in [1.29, 1.82) is 0 Å². The van der Waals surface area contributed by atoms with Gasteiger partial charge >= 0.3 is 0 Å². The third-order valence-corrected chi connectivity index (χ3v) is 1.99. The van der Waals surface area contributed by atoms with Crippen LogP contribution in [0.3, 0.4) is 0 Å². The molecule has 0 saturated carbocycles. The molecule has 0 spiro atoms. The van der Waals surface area contributed by atoms with E-state index in [1.165, 1.54) is 6.42 Å². The Kier molecular flexibility index (Phi) is 12.8. The molecule has 0 aromatic heterocycles. The van der Waals surface area contributed by atoms with Crippen molar-refractivity contribution in [2.45, 2.75) is 32.9 Å². The second-order valence-corrected chi connectivity index (χ2v) is 4.03. The van der Waals surface area contributed by atoms with Crippen LogP contribution in [0.1, 0.15) is 26.7 Å². The zero-order valence-electron chi connectivity index (χ0n) is 10.6. The van der Waals surface area contributed by atoms with Crippen LogP contribution in [0.25, 0.3) is 0 Å². The van der Waals surface area contributed by atoms with Crippen LogP contribution in [0, 0.1) is 0 Å². The molecule has 6 nitrogen and oxygen atoms in total. The third-order valence-electron chi connectivity index (χ3n) is 1.99. The first kappa shape index (κ1) is 18.1. The average Bonchev–Trinajstić information content (AvgIpc) is 2.29. The SMILES string of the molecule is CCCCNC(C)O.C[N+](CO)(CO)CO. The van der Waals surface area contributed by atoms with Crippen molar-refractivity contribution in [3.63, 3.8) is 0 Å². The lowest BCUT2D eigenvalue weighted by Gasteiger charge is -2.25. The summed E-state index contributed by atoms with van der Waals surface area (Å²) in [5.41, 5.74) is 0. The molecule has 1 unspecified atom stereocenters. The van der Waals surface area contributed by atoms with Crippen LogP contribution in [0.5, 0.6) is 0 Å². The maximum Gasteiger partial charge on any atom is 0.183 e. The Morgan fingerprint density at radius 1 is 1.12 bits per heavy atom. The molecule has 0 aromatic carbocycles. The molecule has 0 fully saturated rings. The molecule has 0 rings (SSSR count). The third kappa shape index (κ3) is 11.8. The Bertz CT molecular complexity index is 133. The predicted molar refractivity (Wildman–Crippen MR) is 62.0 cm³/mol. The Hall–Kier alpha value is -0.240. The van der Waals surface area contributed by atoms with Gasteiger partial charge in [0.05, 0.1) is 7.05 Å². The summed E-state index contributed by atoms with van der Waals surface area (Å²) >= 11 is 0. The van der Waals surface area contributed by atoms with E-state index < -0.39 is 0 Å². The van der Waals surface area contributed by atoms with E-state index in [1.54, 1.807) is 14.0 Å². The van der Waals surface area contributed by atoms with Gasteiger partial charge in [-0.05, 0) is 19.9 Å². The summed E-state index contributed by atoms with van der Waals surface area (Å²) in [7, 11) is 1.54. The van der Waals surface area contributed by atoms with Crippen LogP contribution in [-0.4, -0.2) is 64.9 Å². The molecule has 0 aliphatic heterocycles. The first-order chi connectivity index (χ1) is 7.45. The molecule has 6 heteroatoms. The van der Waals surface area contributed by atoms with Gasteiger partial charge in [0.1, 0.15) is 6.23 Å². The van der Waals surface area contributed by atoms with Crippen LogP contribution in [0.4, 0.5) is 0 Å². The smallest absolute Gasteiger partial charge is 0.183 e. The molecule has 0 aromatic rings. The molecule has 0 bridgehead atoms. The van der Waals surface area contributed by atoms with Crippen molar-refractivity contribution in [2.75, 3.05) is 33.8 Å². The number of rotatable bonds is 7. The highest BCUT2D eigenvalue weighted by molar-refractivity contribution is 4.44. The molecule has 0 aliphatic carbocycles. The number of hydrogen-bond donors (Lipinski definition) is 5. The number of nitrogens with one attached hydrogen (secondary N) is 1. The number of quaternary nitrogens is 1. The van der Waals surface area contributed by atoms with E-state index >= 15 is 0 Å². The molecule has 5 N–H and O–H groups in total. The molecule has 16 heavy (non-hydrogen) atoms. The Balaban J connectivity index is 0. The molecular formula is C10H27N2O4+. The summed E-state index contributed by atoms with van der Waals surface area (Å²) in [4.78, 5) is 0. The van der Waals surface area contributed by atoms with Crippen molar-refractivity contribution >= 4 is 0 Å². The lowest BCUT2D eigenvalue weighted by Crippen LogP contribution is -2.46. The summed E-state index contributed by atoms with van der Waals surface area (Å²) in [5.74, 6) is 0. The zero-order chi connectivity index (χ0) is 13.0.